The summed E-state index contributed by atoms with van der Waals surface area (Å²) >= 11 is 0. The van der Waals surface area contributed by atoms with Crippen LogP contribution in [0, 0.1) is 5.92 Å². The molecule has 0 aliphatic carbocycles. The van der Waals surface area contributed by atoms with Crippen LogP contribution in [0.15, 0.2) is 25.3 Å². The first kappa shape index (κ1) is 27.5. The number of ether oxygens (including phenoxy) is 4. The smallest absolute Gasteiger partial charge is 0.269 e. The Bertz CT molecular complexity index is 1520. The second-order valence-electron chi connectivity index (χ2n) is 9.82. The summed E-state index contributed by atoms with van der Waals surface area (Å²) in [6.45, 7) is -0.0679. The Morgan fingerprint density at radius 1 is 0.878 bits per heavy atom. The van der Waals surface area contributed by atoms with E-state index in [1.807, 2.05) is 6.92 Å². The minimum atomic E-state index is -1.87. The van der Waals surface area contributed by atoms with Crippen molar-refractivity contribution in [2.75, 3.05) is 18.1 Å². The molecule has 0 saturated carbocycles. The molecule has 6 heterocycles. The zero-order valence-electron chi connectivity index (χ0n) is 21.8. The number of aromatic nitrogens is 8. The lowest BCUT2D eigenvalue weighted by atomic mass is 9.93. The number of rotatable bonds is 9. The second-order valence-corrected chi connectivity index (χ2v) is 9.82. The van der Waals surface area contributed by atoms with E-state index < -0.39 is 49.6 Å². The third-order valence-electron chi connectivity index (χ3n) is 7.33. The van der Waals surface area contributed by atoms with Gasteiger partial charge in [0.15, 0.2) is 41.7 Å². The molecule has 18 heteroatoms. The highest BCUT2D eigenvalue weighted by Crippen LogP contribution is 2.39. The number of nitrogens with two attached hydrogens (primary N) is 2. The van der Waals surface area contributed by atoms with E-state index >= 15 is 0 Å². The summed E-state index contributed by atoms with van der Waals surface area (Å²) in [5.41, 5.74) is 13.1. The van der Waals surface area contributed by atoms with Crippen LogP contribution >= 0.6 is 0 Å². The number of anilines is 2. The molecule has 6 rings (SSSR count). The molecule has 9 atom stereocenters. The zero-order valence-corrected chi connectivity index (χ0v) is 21.8. The lowest BCUT2D eigenvalue weighted by Gasteiger charge is -2.24. The standard InChI is InChI=1S/C23H30N10O8/c1-2-3-9-10(39-20(13(9)34)32-7-30-11-16(24)26-5-28-18(11)32)4-38-23(37)40-15-14(35)21(41-22(15)36)33-8-31-12-17(25)27-6-29-19(12)33/h5-10,13-15,20-23,34-37H,2-4H2,1H3,(H2,24,26,28)(H2,25,27,29). The van der Waals surface area contributed by atoms with Gasteiger partial charge in [-0.3, -0.25) is 9.13 Å². The Morgan fingerprint density at radius 3 is 2.05 bits per heavy atom. The maximum absolute atomic E-state index is 11.1. The summed E-state index contributed by atoms with van der Waals surface area (Å²) in [4.78, 5) is 24.5. The normalized spacial score (nSPS) is 31.0. The molecule has 9 unspecified atom stereocenters. The van der Waals surface area contributed by atoms with Crippen molar-refractivity contribution < 1.29 is 39.4 Å². The average molecular weight is 575 g/mol. The van der Waals surface area contributed by atoms with Gasteiger partial charge in [-0.15, -0.1) is 0 Å². The van der Waals surface area contributed by atoms with Crippen LogP contribution in [0.25, 0.3) is 22.3 Å². The fraction of sp³-hybridized carbons (Fsp3) is 0.565. The molecular formula is C23H30N10O8. The van der Waals surface area contributed by atoms with Crippen LogP contribution < -0.4 is 11.5 Å². The molecule has 2 fully saturated rings. The van der Waals surface area contributed by atoms with Crippen molar-refractivity contribution in [1.82, 2.24) is 39.0 Å². The molecule has 0 spiro atoms. The molecule has 2 aliphatic rings. The Morgan fingerprint density at radius 2 is 1.46 bits per heavy atom. The Balaban J connectivity index is 1.11. The number of nitrogens with zero attached hydrogens (tertiary/aromatic N) is 8. The van der Waals surface area contributed by atoms with Crippen molar-refractivity contribution in [2.24, 2.45) is 5.92 Å². The van der Waals surface area contributed by atoms with Gasteiger partial charge in [-0.2, -0.15) is 0 Å². The number of hydrogen-bond donors (Lipinski definition) is 6. The summed E-state index contributed by atoms with van der Waals surface area (Å²) in [7, 11) is 0. The quantitative estimate of drug-likeness (QED) is 0.123. The second kappa shape index (κ2) is 11.0. The van der Waals surface area contributed by atoms with Crippen LogP contribution in [0.5, 0.6) is 0 Å². The number of hydrogen-bond acceptors (Lipinski definition) is 16. The van der Waals surface area contributed by atoms with Crippen molar-refractivity contribution in [3.05, 3.63) is 25.3 Å². The van der Waals surface area contributed by atoms with Crippen molar-refractivity contribution in [3.63, 3.8) is 0 Å². The molecule has 0 bridgehead atoms. The van der Waals surface area contributed by atoms with E-state index in [1.165, 1.54) is 29.9 Å². The lowest BCUT2D eigenvalue weighted by Crippen LogP contribution is -2.39. The van der Waals surface area contributed by atoms with E-state index in [4.69, 9.17) is 30.4 Å². The van der Waals surface area contributed by atoms with Crippen molar-refractivity contribution in [3.8, 4) is 0 Å². The number of aliphatic hydroxyl groups is 4. The summed E-state index contributed by atoms with van der Waals surface area (Å²) in [5, 5.41) is 42.9. The first-order chi connectivity index (χ1) is 19.8. The van der Waals surface area contributed by atoms with Crippen molar-refractivity contribution in [1.29, 1.82) is 0 Å². The topological polar surface area (TPSA) is 257 Å². The maximum atomic E-state index is 11.1. The fourth-order valence-electron chi connectivity index (χ4n) is 5.35. The predicted molar refractivity (Wildman–Crippen MR) is 137 cm³/mol. The Hall–Kier alpha value is -3.62. The molecule has 18 nitrogen and oxygen atoms in total. The number of fused-ring (bicyclic) bond motifs is 2. The van der Waals surface area contributed by atoms with Gasteiger partial charge >= 0.3 is 0 Å². The van der Waals surface area contributed by atoms with E-state index in [9.17, 15) is 20.4 Å². The van der Waals surface area contributed by atoms with E-state index in [1.54, 1.807) is 4.57 Å². The molecule has 4 aromatic rings. The summed E-state index contributed by atoms with van der Waals surface area (Å²) in [6.07, 6.45) is -1.31. The molecule has 2 saturated heterocycles. The molecule has 220 valence electrons. The zero-order chi connectivity index (χ0) is 28.8. The average Bonchev–Trinajstić information content (AvgIpc) is 3.71. The van der Waals surface area contributed by atoms with Crippen LogP contribution in [0.4, 0.5) is 11.6 Å². The lowest BCUT2D eigenvalue weighted by molar-refractivity contribution is -0.312. The van der Waals surface area contributed by atoms with Gasteiger partial charge in [0, 0.05) is 5.92 Å². The van der Waals surface area contributed by atoms with Gasteiger partial charge in [0.2, 0.25) is 0 Å². The van der Waals surface area contributed by atoms with Gasteiger partial charge in [-0.25, -0.2) is 29.9 Å². The Labute approximate surface area is 231 Å². The summed E-state index contributed by atoms with van der Waals surface area (Å²) < 4.78 is 25.4. The van der Waals surface area contributed by atoms with Gasteiger partial charge < -0.3 is 50.8 Å². The Kier molecular flexibility index (Phi) is 7.38. The summed E-state index contributed by atoms with van der Waals surface area (Å²) in [6, 6.07) is 0. The van der Waals surface area contributed by atoms with Gasteiger partial charge in [0.1, 0.15) is 42.0 Å². The third kappa shape index (κ3) is 4.83. The molecule has 41 heavy (non-hydrogen) atoms. The van der Waals surface area contributed by atoms with Crippen LogP contribution in [0.2, 0.25) is 0 Å². The highest BCUT2D eigenvalue weighted by Gasteiger charge is 2.48. The van der Waals surface area contributed by atoms with Crippen LogP contribution in [-0.4, -0.2) is 103 Å². The van der Waals surface area contributed by atoms with Crippen molar-refractivity contribution in [2.45, 2.75) is 69.4 Å². The van der Waals surface area contributed by atoms with Gasteiger partial charge in [0.25, 0.3) is 6.48 Å². The summed E-state index contributed by atoms with van der Waals surface area (Å²) in [5.74, 6) is -0.0132. The minimum absolute atomic E-state index is 0.139. The first-order valence-electron chi connectivity index (χ1n) is 12.9. The van der Waals surface area contributed by atoms with Crippen molar-refractivity contribution >= 4 is 34.0 Å². The molecule has 8 N–H and O–H groups in total. The largest absolute Gasteiger partial charge is 0.388 e. The van der Waals surface area contributed by atoms with Gasteiger partial charge in [0.05, 0.1) is 25.4 Å². The SMILES string of the molecule is CCCC1C(COC(O)OC2C(O)OC(n3cnc4c(N)ncnc43)C2O)OC(n2cnc3c(N)ncnc32)C1O. The van der Waals surface area contributed by atoms with E-state index in [-0.39, 0.29) is 29.8 Å². The molecule has 0 aromatic carbocycles. The van der Waals surface area contributed by atoms with E-state index in [0.717, 1.165) is 6.42 Å². The number of aliphatic hydroxyl groups excluding tert-OH is 4. The fourth-order valence-corrected chi connectivity index (χ4v) is 5.35. The van der Waals surface area contributed by atoms with E-state index in [2.05, 4.69) is 29.9 Å². The van der Waals surface area contributed by atoms with Crippen LogP contribution in [0.1, 0.15) is 32.2 Å². The van der Waals surface area contributed by atoms with Gasteiger partial charge in [-0.05, 0) is 6.42 Å². The number of nitrogen functional groups attached to an aromatic ring is 2. The van der Waals surface area contributed by atoms with Crippen LogP contribution in [0.3, 0.4) is 0 Å². The van der Waals surface area contributed by atoms with Gasteiger partial charge in [-0.1, -0.05) is 13.3 Å². The third-order valence-corrected chi connectivity index (χ3v) is 7.33. The molecular weight excluding hydrogens is 544 g/mol. The monoisotopic (exact) mass is 574 g/mol. The highest BCUT2D eigenvalue weighted by atomic mass is 16.8. The molecule has 2 aliphatic heterocycles. The molecule has 0 radical (unpaired) electrons. The highest BCUT2D eigenvalue weighted by molar-refractivity contribution is 5.81. The molecule has 4 aromatic heterocycles. The predicted octanol–water partition coefficient (Wildman–Crippen LogP) is -1.61. The van der Waals surface area contributed by atoms with E-state index in [0.29, 0.717) is 23.1 Å². The first-order valence-corrected chi connectivity index (χ1v) is 12.9. The molecule has 0 amide bonds. The number of imidazole rings is 2. The maximum Gasteiger partial charge on any atom is 0.269 e. The van der Waals surface area contributed by atoms with Crippen LogP contribution in [-0.2, 0) is 18.9 Å². The minimum Gasteiger partial charge on any atom is -0.388 e.